The molecule has 1 saturated heterocycles. The first kappa shape index (κ1) is 12.9. The second kappa shape index (κ2) is 5.50. The minimum Gasteiger partial charge on any atom is -0.496 e. The highest BCUT2D eigenvalue weighted by atomic mass is 16.5. The molecule has 1 aromatic carbocycles. The quantitative estimate of drug-likeness (QED) is 0.921. The zero-order valence-electron chi connectivity index (χ0n) is 11.7. The van der Waals surface area contributed by atoms with Gasteiger partial charge in [-0.1, -0.05) is 0 Å². The number of methoxy groups -OCH3 is 1. The highest BCUT2D eigenvalue weighted by molar-refractivity contribution is 5.59. The van der Waals surface area contributed by atoms with Gasteiger partial charge >= 0.3 is 0 Å². The molecule has 0 unspecified atom stereocenters. The van der Waals surface area contributed by atoms with E-state index in [1.165, 1.54) is 0 Å². The van der Waals surface area contributed by atoms with Crippen molar-refractivity contribution in [2.75, 3.05) is 38.3 Å². The van der Waals surface area contributed by atoms with E-state index in [-0.39, 0.29) is 0 Å². The Bertz CT molecular complexity index is 591. The molecule has 3 rings (SSSR count). The molecule has 6 heteroatoms. The topological polar surface area (TPSA) is 63.3 Å². The van der Waals surface area contributed by atoms with E-state index in [1.54, 1.807) is 7.11 Å². The number of hydrogen-bond acceptors (Lipinski definition) is 5. The Kier molecular flexibility index (Phi) is 3.56. The van der Waals surface area contributed by atoms with Gasteiger partial charge in [0.2, 0.25) is 5.95 Å². The molecule has 0 amide bonds. The van der Waals surface area contributed by atoms with Gasteiger partial charge in [0.15, 0.2) is 5.82 Å². The fraction of sp³-hybridized carbons (Fsp3) is 0.429. The molecule has 0 spiro atoms. The van der Waals surface area contributed by atoms with Crippen LogP contribution in [0.1, 0.15) is 5.56 Å². The minimum atomic E-state index is 0.728. The summed E-state index contributed by atoms with van der Waals surface area (Å²) in [5, 5.41) is 7.29. The second-order valence-corrected chi connectivity index (χ2v) is 4.77. The normalized spacial score (nSPS) is 15.4. The van der Waals surface area contributed by atoms with Crippen LogP contribution in [0.2, 0.25) is 0 Å². The zero-order chi connectivity index (χ0) is 13.9. The van der Waals surface area contributed by atoms with E-state index >= 15 is 0 Å². The van der Waals surface area contributed by atoms with Gasteiger partial charge in [-0.25, -0.2) is 0 Å². The molecule has 1 aromatic heterocycles. The van der Waals surface area contributed by atoms with Crippen molar-refractivity contribution in [1.29, 1.82) is 0 Å². The summed E-state index contributed by atoms with van der Waals surface area (Å²) in [5.74, 6) is 2.38. The summed E-state index contributed by atoms with van der Waals surface area (Å²) in [5.41, 5.74) is 2.09. The minimum absolute atomic E-state index is 0.728. The van der Waals surface area contributed by atoms with Gasteiger partial charge in [0.25, 0.3) is 0 Å². The van der Waals surface area contributed by atoms with Crippen molar-refractivity contribution in [2.45, 2.75) is 6.92 Å². The Balaban J connectivity index is 1.84. The highest BCUT2D eigenvalue weighted by Crippen LogP contribution is 2.24. The number of aryl methyl sites for hydroxylation is 1. The number of morpholine rings is 1. The van der Waals surface area contributed by atoms with Crippen molar-refractivity contribution >= 4 is 5.95 Å². The van der Waals surface area contributed by atoms with E-state index in [0.717, 1.165) is 55.0 Å². The van der Waals surface area contributed by atoms with Crippen LogP contribution < -0.4 is 9.64 Å². The first-order chi connectivity index (χ1) is 9.78. The molecule has 1 aliphatic heterocycles. The lowest BCUT2D eigenvalue weighted by Crippen LogP contribution is -2.36. The second-order valence-electron chi connectivity index (χ2n) is 4.77. The molecule has 0 aliphatic carbocycles. The lowest BCUT2D eigenvalue weighted by atomic mass is 10.1. The molecule has 0 bridgehead atoms. The van der Waals surface area contributed by atoms with Crippen molar-refractivity contribution in [3.8, 4) is 17.1 Å². The van der Waals surface area contributed by atoms with Gasteiger partial charge in [-0.05, 0) is 30.7 Å². The van der Waals surface area contributed by atoms with Crippen LogP contribution in [-0.2, 0) is 4.74 Å². The lowest BCUT2D eigenvalue weighted by Gasteiger charge is -2.25. The standard InChI is InChI=1S/C14H18N4O2/c1-10-9-11(3-4-12(10)19-2)13-15-14(17-16-13)18-5-7-20-8-6-18/h3-4,9H,5-8H2,1-2H3,(H,15,16,17). The summed E-state index contributed by atoms with van der Waals surface area (Å²) < 4.78 is 10.6. The highest BCUT2D eigenvalue weighted by Gasteiger charge is 2.16. The number of nitrogens with one attached hydrogen (secondary N) is 1. The van der Waals surface area contributed by atoms with Gasteiger partial charge < -0.3 is 14.4 Å². The zero-order valence-corrected chi connectivity index (χ0v) is 11.7. The van der Waals surface area contributed by atoms with Crippen LogP contribution in [0.4, 0.5) is 5.95 Å². The molecule has 0 atom stereocenters. The lowest BCUT2D eigenvalue weighted by molar-refractivity contribution is 0.122. The Morgan fingerprint density at radius 2 is 2.10 bits per heavy atom. The number of aromatic nitrogens is 3. The van der Waals surface area contributed by atoms with E-state index in [1.807, 2.05) is 25.1 Å². The van der Waals surface area contributed by atoms with Gasteiger partial charge in [-0.2, -0.15) is 4.98 Å². The van der Waals surface area contributed by atoms with E-state index in [4.69, 9.17) is 9.47 Å². The molecule has 1 fully saturated rings. The van der Waals surface area contributed by atoms with Crippen molar-refractivity contribution in [2.24, 2.45) is 0 Å². The first-order valence-corrected chi connectivity index (χ1v) is 6.68. The SMILES string of the molecule is COc1ccc(-c2nc(N3CCOCC3)n[nH]2)cc1C. The van der Waals surface area contributed by atoms with Crippen molar-refractivity contribution in [3.63, 3.8) is 0 Å². The molecule has 0 saturated carbocycles. The van der Waals surface area contributed by atoms with Gasteiger partial charge in [0.05, 0.1) is 20.3 Å². The number of rotatable bonds is 3. The molecule has 2 heterocycles. The molecule has 106 valence electrons. The molecule has 1 N–H and O–H groups in total. The Hall–Kier alpha value is -2.08. The molecule has 0 radical (unpaired) electrons. The number of hydrogen-bond donors (Lipinski definition) is 1. The van der Waals surface area contributed by atoms with Crippen molar-refractivity contribution in [1.82, 2.24) is 15.2 Å². The monoisotopic (exact) mass is 274 g/mol. The maximum atomic E-state index is 5.33. The third kappa shape index (κ3) is 2.46. The largest absolute Gasteiger partial charge is 0.496 e. The van der Waals surface area contributed by atoms with E-state index in [9.17, 15) is 0 Å². The molecular formula is C14H18N4O2. The molecule has 2 aromatic rings. The van der Waals surface area contributed by atoms with Crippen LogP contribution in [0.25, 0.3) is 11.4 Å². The summed E-state index contributed by atoms with van der Waals surface area (Å²) in [4.78, 5) is 6.69. The van der Waals surface area contributed by atoms with Crippen LogP contribution in [0.3, 0.4) is 0 Å². The third-order valence-corrected chi connectivity index (χ3v) is 3.44. The number of benzene rings is 1. The summed E-state index contributed by atoms with van der Waals surface area (Å²) in [6.07, 6.45) is 0. The average Bonchev–Trinajstić information content (AvgIpc) is 2.98. The number of H-pyrrole nitrogens is 1. The van der Waals surface area contributed by atoms with E-state index in [2.05, 4.69) is 20.1 Å². The van der Waals surface area contributed by atoms with Crippen LogP contribution >= 0.6 is 0 Å². The fourth-order valence-electron chi connectivity index (χ4n) is 2.31. The van der Waals surface area contributed by atoms with Gasteiger partial charge in [0, 0.05) is 18.7 Å². The van der Waals surface area contributed by atoms with E-state index < -0.39 is 0 Å². The predicted octanol–water partition coefficient (Wildman–Crippen LogP) is 1.63. The van der Waals surface area contributed by atoms with Crippen LogP contribution in [0.15, 0.2) is 18.2 Å². The van der Waals surface area contributed by atoms with Crippen LogP contribution in [0.5, 0.6) is 5.75 Å². The first-order valence-electron chi connectivity index (χ1n) is 6.68. The predicted molar refractivity (Wildman–Crippen MR) is 76.1 cm³/mol. The summed E-state index contributed by atoms with van der Waals surface area (Å²) >= 11 is 0. The van der Waals surface area contributed by atoms with Gasteiger partial charge in [-0.3, -0.25) is 5.10 Å². The Morgan fingerprint density at radius 1 is 1.30 bits per heavy atom. The fourth-order valence-corrected chi connectivity index (χ4v) is 2.31. The van der Waals surface area contributed by atoms with Crippen molar-refractivity contribution < 1.29 is 9.47 Å². The molecule has 20 heavy (non-hydrogen) atoms. The number of aromatic amines is 1. The maximum Gasteiger partial charge on any atom is 0.245 e. The third-order valence-electron chi connectivity index (χ3n) is 3.44. The molecular weight excluding hydrogens is 256 g/mol. The number of anilines is 1. The number of nitrogens with zero attached hydrogens (tertiary/aromatic N) is 3. The van der Waals surface area contributed by atoms with Crippen LogP contribution in [-0.4, -0.2) is 48.6 Å². The van der Waals surface area contributed by atoms with Gasteiger partial charge in [-0.15, -0.1) is 5.10 Å². The summed E-state index contributed by atoms with van der Waals surface area (Å²) in [6.45, 7) is 5.14. The Labute approximate surface area is 117 Å². The summed E-state index contributed by atoms with van der Waals surface area (Å²) in [7, 11) is 1.67. The van der Waals surface area contributed by atoms with Crippen LogP contribution in [0, 0.1) is 6.92 Å². The summed E-state index contributed by atoms with van der Waals surface area (Å²) in [6, 6.07) is 5.97. The smallest absolute Gasteiger partial charge is 0.245 e. The molecule has 6 nitrogen and oxygen atoms in total. The van der Waals surface area contributed by atoms with Crippen molar-refractivity contribution in [3.05, 3.63) is 23.8 Å². The Morgan fingerprint density at radius 3 is 2.80 bits per heavy atom. The van der Waals surface area contributed by atoms with E-state index in [0.29, 0.717) is 0 Å². The number of ether oxygens (including phenoxy) is 2. The van der Waals surface area contributed by atoms with Gasteiger partial charge in [0.1, 0.15) is 5.75 Å². The molecule has 1 aliphatic rings. The maximum absolute atomic E-state index is 5.33. The average molecular weight is 274 g/mol.